The molecule has 0 aliphatic carbocycles. The average Bonchev–Trinajstić information content (AvgIpc) is 3.26. The molecule has 0 spiro atoms. The highest BCUT2D eigenvalue weighted by molar-refractivity contribution is 5.99. The summed E-state index contributed by atoms with van der Waals surface area (Å²) < 4.78 is 38.2. The summed E-state index contributed by atoms with van der Waals surface area (Å²) in [5, 5.41) is 2.73. The first kappa shape index (κ1) is 18.5. The molecule has 1 aromatic rings. The Morgan fingerprint density at radius 1 is 1.12 bits per heavy atom. The van der Waals surface area contributed by atoms with Crippen LogP contribution in [-0.4, -0.2) is 48.6 Å². The molecule has 2 saturated heterocycles. The molecule has 5 nitrogen and oxygen atoms in total. The SMILES string of the molecule is Cc1ccc(N2CCCC2)cc1NC(=O)C1CCCN1C(=O)C(F)(F)F. The van der Waals surface area contributed by atoms with Gasteiger partial charge in [0.15, 0.2) is 0 Å². The Labute approximate surface area is 150 Å². The van der Waals surface area contributed by atoms with Crippen molar-refractivity contribution in [2.75, 3.05) is 29.9 Å². The summed E-state index contributed by atoms with van der Waals surface area (Å²) in [6.07, 6.45) is -2.11. The first-order chi connectivity index (χ1) is 12.3. The highest BCUT2D eigenvalue weighted by Gasteiger charge is 2.47. The quantitative estimate of drug-likeness (QED) is 0.891. The largest absolute Gasteiger partial charge is 0.471 e. The lowest BCUT2D eigenvalue weighted by Gasteiger charge is -2.25. The van der Waals surface area contributed by atoms with E-state index in [0.717, 1.165) is 37.2 Å². The number of aryl methyl sites for hydroxylation is 1. The van der Waals surface area contributed by atoms with Crippen LogP contribution in [0.5, 0.6) is 0 Å². The third-order valence-corrected chi connectivity index (χ3v) is 5.01. The van der Waals surface area contributed by atoms with Crippen molar-refractivity contribution in [1.82, 2.24) is 4.90 Å². The Balaban J connectivity index is 1.75. The standard InChI is InChI=1S/C18H22F3N3O2/c1-12-6-7-13(23-8-2-3-9-23)11-14(12)22-16(25)15-5-4-10-24(15)17(26)18(19,20)21/h6-7,11,15H,2-5,8-10H2,1H3,(H,22,25). The number of likely N-dealkylation sites (tertiary alicyclic amines) is 1. The van der Waals surface area contributed by atoms with Crippen LogP contribution in [-0.2, 0) is 9.59 Å². The van der Waals surface area contributed by atoms with Crippen molar-refractivity contribution in [2.24, 2.45) is 0 Å². The van der Waals surface area contributed by atoms with Gasteiger partial charge in [0.1, 0.15) is 6.04 Å². The molecule has 8 heteroatoms. The minimum atomic E-state index is -4.96. The monoisotopic (exact) mass is 369 g/mol. The van der Waals surface area contributed by atoms with Gasteiger partial charge < -0.3 is 15.1 Å². The van der Waals surface area contributed by atoms with Gasteiger partial charge in [-0.1, -0.05) is 6.07 Å². The Hall–Kier alpha value is -2.25. The van der Waals surface area contributed by atoms with Gasteiger partial charge in [0, 0.05) is 31.0 Å². The lowest BCUT2D eigenvalue weighted by atomic mass is 10.1. The van der Waals surface area contributed by atoms with E-state index in [-0.39, 0.29) is 13.0 Å². The Bertz CT molecular complexity index is 699. The number of carbonyl (C=O) groups excluding carboxylic acids is 2. The number of halogens is 3. The first-order valence-electron chi connectivity index (χ1n) is 8.81. The second-order valence-electron chi connectivity index (χ2n) is 6.84. The zero-order valence-electron chi connectivity index (χ0n) is 14.6. The number of hydrogen-bond acceptors (Lipinski definition) is 3. The molecular weight excluding hydrogens is 347 g/mol. The van der Waals surface area contributed by atoms with Crippen LogP contribution in [0.4, 0.5) is 24.5 Å². The molecule has 2 aliphatic heterocycles. The van der Waals surface area contributed by atoms with E-state index in [1.54, 1.807) is 0 Å². The van der Waals surface area contributed by atoms with Gasteiger partial charge in [-0.25, -0.2) is 0 Å². The summed E-state index contributed by atoms with van der Waals surface area (Å²) in [4.78, 5) is 26.9. The number of alkyl halides is 3. The maximum Gasteiger partial charge on any atom is 0.471 e. The van der Waals surface area contributed by atoms with Crippen LogP contribution in [0, 0.1) is 6.92 Å². The molecule has 1 N–H and O–H groups in total. The normalized spacial score (nSPS) is 20.5. The number of hydrogen-bond donors (Lipinski definition) is 1. The van der Waals surface area contributed by atoms with Crippen molar-refractivity contribution >= 4 is 23.2 Å². The van der Waals surface area contributed by atoms with Gasteiger partial charge in [-0.3, -0.25) is 9.59 Å². The molecule has 0 aromatic heterocycles. The van der Waals surface area contributed by atoms with Crippen LogP contribution in [0.25, 0.3) is 0 Å². The van der Waals surface area contributed by atoms with E-state index in [0.29, 0.717) is 17.0 Å². The van der Waals surface area contributed by atoms with Crippen molar-refractivity contribution in [3.8, 4) is 0 Å². The Morgan fingerprint density at radius 2 is 1.81 bits per heavy atom. The molecule has 2 heterocycles. The summed E-state index contributed by atoms with van der Waals surface area (Å²) in [5.74, 6) is -2.51. The van der Waals surface area contributed by atoms with Crippen LogP contribution in [0.15, 0.2) is 18.2 Å². The number of rotatable bonds is 3. The van der Waals surface area contributed by atoms with E-state index in [9.17, 15) is 22.8 Å². The fourth-order valence-electron chi connectivity index (χ4n) is 3.58. The Kier molecular flexibility index (Phi) is 5.11. The van der Waals surface area contributed by atoms with Crippen molar-refractivity contribution in [1.29, 1.82) is 0 Å². The van der Waals surface area contributed by atoms with Gasteiger partial charge in [0.25, 0.3) is 0 Å². The molecule has 2 fully saturated rings. The number of amides is 2. The van der Waals surface area contributed by atoms with E-state index in [1.807, 2.05) is 25.1 Å². The highest BCUT2D eigenvalue weighted by atomic mass is 19.4. The third-order valence-electron chi connectivity index (χ3n) is 5.01. The number of carbonyl (C=O) groups is 2. The molecule has 1 atom stereocenters. The molecule has 0 saturated carbocycles. The van der Waals surface area contributed by atoms with Gasteiger partial charge in [-0.15, -0.1) is 0 Å². The second-order valence-corrected chi connectivity index (χ2v) is 6.84. The lowest BCUT2D eigenvalue weighted by molar-refractivity contribution is -0.186. The van der Waals surface area contributed by atoms with E-state index < -0.39 is 24.0 Å². The van der Waals surface area contributed by atoms with Crippen LogP contribution < -0.4 is 10.2 Å². The fourth-order valence-corrected chi connectivity index (χ4v) is 3.58. The van der Waals surface area contributed by atoms with E-state index >= 15 is 0 Å². The maximum atomic E-state index is 12.7. The number of nitrogens with one attached hydrogen (secondary N) is 1. The zero-order valence-corrected chi connectivity index (χ0v) is 14.6. The first-order valence-corrected chi connectivity index (χ1v) is 8.81. The Morgan fingerprint density at radius 3 is 2.46 bits per heavy atom. The van der Waals surface area contributed by atoms with Gasteiger partial charge >= 0.3 is 12.1 Å². The van der Waals surface area contributed by atoms with E-state index in [4.69, 9.17) is 0 Å². The minimum Gasteiger partial charge on any atom is -0.371 e. The summed E-state index contributed by atoms with van der Waals surface area (Å²) >= 11 is 0. The summed E-state index contributed by atoms with van der Waals surface area (Å²) in [7, 11) is 0. The molecule has 3 rings (SSSR count). The minimum absolute atomic E-state index is 0.0524. The molecule has 1 aromatic carbocycles. The topological polar surface area (TPSA) is 52.7 Å². The second kappa shape index (κ2) is 7.17. The van der Waals surface area contributed by atoms with Gasteiger partial charge in [0.2, 0.25) is 5.91 Å². The molecule has 2 amide bonds. The van der Waals surface area contributed by atoms with E-state index in [1.165, 1.54) is 0 Å². The molecule has 2 aliphatic rings. The van der Waals surface area contributed by atoms with Crippen LogP contribution in [0.1, 0.15) is 31.2 Å². The molecule has 0 radical (unpaired) electrons. The summed E-state index contributed by atoms with van der Waals surface area (Å²) in [6, 6.07) is 4.63. The molecule has 1 unspecified atom stereocenters. The predicted octanol–water partition coefficient (Wildman–Crippen LogP) is 3.09. The molecule has 142 valence electrons. The van der Waals surface area contributed by atoms with Crippen LogP contribution in [0.3, 0.4) is 0 Å². The van der Waals surface area contributed by atoms with Gasteiger partial charge in [-0.05, 0) is 50.3 Å². The van der Waals surface area contributed by atoms with Crippen LogP contribution in [0.2, 0.25) is 0 Å². The lowest BCUT2D eigenvalue weighted by Crippen LogP contribution is -2.48. The van der Waals surface area contributed by atoms with E-state index in [2.05, 4.69) is 10.2 Å². The van der Waals surface area contributed by atoms with Crippen molar-refractivity contribution in [3.63, 3.8) is 0 Å². The van der Waals surface area contributed by atoms with Crippen molar-refractivity contribution < 1.29 is 22.8 Å². The van der Waals surface area contributed by atoms with Gasteiger partial charge in [0.05, 0.1) is 0 Å². The van der Waals surface area contributed by atoms with Crippen molar-refractivity contribution in [2.45, 2.75) is 44.8 Å². The smallest absolute Gasteiger partial charge is 0.371 e. The summed E-state index contributed by atoms with van der Waals surface area (Å²) in [6.45, 7) is 3.68. The number of anilines is 2. The fraction of sp³-hybridized carbons (Fsp3) is 0.556. The van der Waals surface area contributed by atoms with Gasteiger partial charge in [-0.2, -0.15) is 13.2 Å². The molecular formula is C18H22F3N3O2. The predicted molar refractivity (Wildman–Crippen MR) is 92.0 cm³/mol. The maximum absolute atomic E-state index is 12.7. The molecule has 0 bridgehead atoms. The molecule has 26 heavy (non-hydrogen) atoms. The zero-order chi connectivity index (χ0) is 18.9. The third kappa shape index (κ3) is 3.78. The van der Waals surface area contributed by atoms with Crippen molar-refractivity contribution in [3.05, 3.63) is 23.8 Å². The highest BCUT2D eigenvalue weighted by Crippen LogP contribution is 2.29. The number of nitrogens with zero attached hydrogens (tertiary/aromatic N) is 2. The average molecular weight is 369 g/mol. The van der Waals surface area contributed by atoms with Crippen LogP contribution >= 0.6 is 0 Å². The number of benzene rings is 1. The summed E-state index contributed by atoms with van der Waals surface area (Å²) in [5.41, 5.74) is 2.39.